The van der Waals surface area contributed by atoms with Crippen molar-refractivity contribution in [3.63, 3.8) is 0 Å². The zero-order valence-electron chi connectivity index (χ0n) is 19.3. The number of ketones is 1. The molecule has 2 saturated heterocycles. The summed E-state index contributed by atoms with van der Waals surface area (Å²) in [7, 11) is 0. The van der Waals surface area contributed by atoms with Crippen LogP contribution in [0, 0.1) is 11.3 Å². The molecule has 4 aliphatic rings. The number of nitrogens with one attached hydrogen (secondary N) is 3. The van der Waals surface area contributed by atoms with Crippen LogP contribution in [0.2, 0.25) is 0 Å². The molecule has 0 bridgehead atoms. The van der Waals surface area contributed by atoms with Crippen LogP contribution < -0.4 is 16.0 Å². The minimum absolute atomic E-state index is 0.192. The van der Waals surface area contributed by atoms with Gasteiger partial charge >= 0.3 is 18.2 Å². The first-order valence-electron chi connectivity index (χ1n) is 11.7. The van der Waals surface area contributed by atoms with Gasteiger partial charge in [-0.3, -0.25) is 28.7 Å². The van der Waals surface area contributed by atoms with Crippen LogP contribution in [0.4, 0.5) is 13.2 Å². The second-order valence-electron chi connectivity index (χ2n) is 10.4. The van der Waals surface area contributed by atoms with E-state index in [4.69, 9.17) is 0 Å². The highest BCUT2D eigenvalue weighted by Gasteiger charge is 2.56. The first-order chi connectivity index (χ1) is 16.3. The largest absolute Gasteiger partial charge is 0.522 e. The molecule has 4 fully saturated rings. The number of amides is 4. The molecule has 0 radical (unpaired) electrons. The fourth-order valence-corrected chi connectivity index (χ4v) is 4.76. The third-order valence-electron chi connectivity index (χ3n) is 7.40. The average Bonchev–Trinajstić information content (AvgIpc) is 3.60. The third-order valence-corrected chi connectivity index (χ3v) is 7.40. The van der Waals surface area contributed by atoms with Gasteiger partial charge in [-0.1, -0.05) is 0 Å². The molecular formula is C22H29F3N4O6. The Balaban J connectivity index is 1.46. The summed E-state index contributed by atoms with van der Waals surface area (Å²) in [6.45, 7) is 1.07. The minimum atomic E-state index is -5.03. The van der Waals surface area contributed by atoms with E-state index in [0.717, 1.165) is 25.7 Å². The van der Waals surface area contributed by atoms with Crippen molar-refractivity contribution in [2.45, 2.75) is 75.9 Å². The molecule has 3 N–H and O–H groups in total. The predicted octanol–water partition coefficient (Wildman–Crippen LogP) is 0.153. The van der Waals surface area contributed by atoms with Gasteiger partial charge in [0.1, 0.15) is 12.6 Å². The Morgan fingerprint density at radius 1 is 1.20 bits per heavy atom. The number of nitrogens with zero attached hydrogens (tertiary/aromatic N) is 1. The Hall–Kier alpha value is -2.70. The first kappa shape index (κ1) is 25.4. The second-order valence-corrected chi connectivity index (χ2v) is 10.4. The molecule has 2 heterocycles. The van der Waals surface area contributed by atoms with Gasteiger partial charge in [-0.25, -0.2) is 0 Å². The summed E-state index contributed by atoms with van der Waals surface area (Å²) in [6, 6.07) is -2.45. The maximum Gasteiger partial charge on any atom is 0.522 e. The molecule has 13 heteroatoms. The molecule has 0 aromatic rings. The number of alkyl halides is 3. The summed E-state index contributed by atoms with van der Waals surface area (Å²) < 4.78 is 41.1. The molecular weight excluding hydrogens is 473 g/mol. The van der Waals surface area contributed by atoms with E-state index in [1.807, 2.05) is 6.92 Å². The van der Waals surface area contributed by atoms with E-state index in [0.29, 0.717) is 19.4 Å². The maximum absolute atomic E-state index is 13.2. The number of hydrogen-bond acceptors (Lipinski definition) is 6. The summed E-state index contributed by atoms with van der Waals surface area (Å²) in [5.41, 5.74) is -0.703. The minimum Gasteiger partial charge on any atom is -0.356 e. The molecule has 0 aromatic heterocycles. The molecule has 4 amide bonds. The van der Waals surface area contributed by atoms with Crippen molar-refractivity contribution in [2.24, 2.45) is 11.3 Å². The summed E-state index contributed by atoms with van der Waals surface area (Å²) in [4.78, 5) is 64.3. The van der Waals surface area contributed by atoms with E-state index in [2.05, 4.69) is 20.7 Å². The van der Waals surface area contributed by atoms with E-state index in [1.54, 1.807) is 0 Å². The maximum atomic E-state index is 13.2. The van der Waals surface area contributed by atoms with Crippen LogP contribution in [-0.4, -0.2) is 78.0 Å². The Labute approximate surface area is 199 Å². The Morgan fingerprint density at radius 2 is 1.89 bits per heavy atom. The second kappa shape index (κ2) is 9.07. The summed E-state index contributed by atoms with van der Waals surface area (Å²) >= 11 is 0. The van der Waals surface area contributed by atoms with Crippen molar-refractivity contribution in [3.05, 3.63) is 0 Å². The highest BCUT2D eigenvalue weighted by molar-refractivity contribution is 6.35. The van der Waals surface area contributed by atoms with Gasteiger partial charge in [0.2, 0.25) is 11.8 Å². The van der Waals surface area contributed by atoms with Crippen LogP contribution in [0.15, 0.2) is 0 Å². The van der Waals surface area contributed by atoms with Crippen molar-refractivity contribution in [1.82, 2.24) is 20.9 Å². The van der Waals surface area contributed by atoms with Gasteiger partial charge in [-0.05, 0) is 57.3 Å². The Kier molecular flexibility index (Phi) is 6.58. The molecule has 2 aliphatic heterocycles. The fourth-order valence-electron chi connectivity index (χ4n) is 4.76. The first-order valence-corrected chi connectivity index (χ1v) is 11.7. The lowest BCUT2D eigenvalue weighted by atomic mass is 9.95. The van der Waals surface area contributed by atoms with E-state index in [-0.39, 0.29) is 24.3 Å². The normalized spacial score (nSPS) is 26.7. The molecule has 10 nitrogen and oxygen atoms in total. The van der Waals surface area contributed by atoms with Gasteiger partial charge in [0.25, 0.3) is 0 Å². The van der Waals surface area contributed by atoms with Gasteiger partial charge in [0, 0.05) is 24.5 Å². The van der Waals surface area contributed by atoms with Crippen LogP contribution in [0.5, 0.6) is 0 Å². The molecule has 0 aromatic carbocycles. The van der Waals surface area contributed by atoms with Gasteiger partial charge in [0.05, 0.1) is 6.04 Å². The predicted molar refractivity (Wildman–Crippen MR) is 112 cm³/mol. The number of carbonyl (C=O) groups is 5. The van der Waals surface area contributed by atoms with Crippen LogP contribution in [0.1, 0.15) is 51.9 Å². The molecule has 35 heavy (non-hydrogen) atoms. The molecule has 2 aliphatic carbocycles. The van der Waals surface area contributed by atoms with Crippen LogP contribution >= 0.6 is 0 Å². The molecule has 1 spiro atoms. The number of halogens is 3. The zero-order chi connectivity index (χ0) is 25.6. The van der Waals surface area contributed by atoms with Crippen LogP contribution in [0.25, 0.3) is 0 Å². The number of Topliss-reactive ketones (excluding diaryl/α,β-unsaturated/α-hetero) is 1. The smallest absolute Gasteiger partial charge is 0.356 e. The SMILES string of the molecule is CC1(NC(=O)C(=O)N2CC3(CC3)C[C@H]2C(=O)N[C@@H](C[C@@H]2CCNC2=O)C(=O)COC(F)(F)F)CC1. The average molecular weight is 502 g/mol. The standard InChI is InChI=1S/C22H29F3N4O6/c1-20(3-4-20)28-18(33)19(34)29-11-21(5-6-21)9-14(29)17(32)27-13(8-12-2-7-26-16(12)31)15(30)10-35-22(23,24)25/h12-14H,2-11H2,1H3,(H,26,31)(H,27,32)(H,28,33)/t12-,13-,14-/m0/s1. The highest BCUT2D eigenvalue weighted by Crippen LogP contribution is 2.54. The highest BCUT2D eigenvalue weighted by atomic mass is 19.4. The number of likely N-dealkylation sites (tertiary alicyclic amines) is 1. The summed E-state index contributed by atoms with van der Waals surface area (Å²) in [5.74, 6) is -4.44. The molecule has 4 rings (SSSR count). The van der Waals surface area contributed by atoms with Crippen molar-refractivity contribution < 1.29 is 41.9 Å². The summed E-state index contributed by atoms with van der Waals surface area (Å²) in [6.07, 6.45) is -1.51. The molecule has 3 atom stereocenters. The molecule has 2 saturated carbocycles. The van der Waals surface area contributed by atoms with E-state index in [1.165, 1.54) is 4.90 Å². The molecule has 194 valence electrons. The monoisotopic (exact) mass is 502 g/mol. The van der Waals surface area contributed by atoms with Gasteiger partial charge in [-0.15, -0.1) is 13.2 Å². The molecule has 0 unspecified atom stereocenters. The Bertz CT molecular complexity index is 931. The van der Waals surface area contributed by atoms with Gasteiger partial charge in [0.15, 0.2) is 5.78 Å². The van der Waals surface area contributed by atoms with Crippen molar-refractivity contribution in [2.75, 3.05) is 19.7 Å². The number of carbonyl (C=O) groups excluding carboxylic acids is 5. The van der Waals surface area contributed by atoms with Crippen molar-refractivity contribution >= 4 is 29.4 Å². The fraction of sp³-hybridized carbons (Fsp3) is 0.773. The number of hydrogen-bond donors (Lipinski definition) is 3. The lowest BCUT2D eigenvalue weighted by molar-refractivity contribution is -0.321. The lowest BCUT2D eigenvalue weighted by Gasteiger charge is -2.27. The van der Waals surface area contributed by atoms with Crippen molar-refractivity contribution in [3.8, 4) is 0 Å². The van der Waals surface area contributed by atoms with E-state index >= 15 is 0 Å². The lowest BCUT2D eigenvalue weighted by Crippen LogP contribution is -2.55. The topological polar surface area (TPSA) is 134 Å². The van der Waals surface area contributed by atoms with Crippen molar-refractivity contribution in [1.29, 1.82) is 0 Å². The van der Waals surface area contributed by atoms with E-state index < -0.39 is 60.0 Å². The number of rotatable bonds is 8. The van der Waals surface area contributed by atoms with Gasteiger partial charge < -0.3 is 20.9 Å². The summed E-state index contributed by atoms with van der Waals surface area (Å²) in [5, 5.41) is 7.71. The van der Waals surface area contributed by atoms with Crippen LogP contribution in [-0.2, 0) is 28.7 Å². The third kappa shape index (κ3) is 6.11. The van der Waals surface area contributed by atoms with Gasteiger partial charge in [-0.2, -0.15) is 0 Å². The Morgan fingerprint density at radius 3 is 2.43 bits per heavy atom. The quantitative estimate of drug-likeness (QED) is 0.405. The van der Waals surface area contributed by atoms with Crippen LogP contribution in [0.3, 0.4) is 0 Å². The zero-order valence-corrected chi connectivity index (χ0v) is 19.3. The number of ether oxygens (including phenoxy) is 1. The van der Waals surface area contributed by atoms with E-state index in [9.17, 15) is 37.1 Å².